The monoisotopic (exact) mass is 435 g/mol. The smallest absolute Gasteiger partial charge is 0.118 e. The second-order valence-electron chi connectivity index (χ2n) is 5.81. The summed E-state index contributed by atoms with van der Waals surface area (Å²) in [5.74, 6) is 0. The zero-order valence-electron chi connectivity index (χ0n) is 14.3. The Kier molecular flexibility index (Phi) is 9.64. The van der Waals surface area contributed by atoms with Crippen LogP contribution < -0.4 is 0 Å². The molecule has 1 aromatic carbocycles. The summed E-state index contributed by atoms with van der Waals surface area (Å²) >= 11 is 9.14. The third kappa shape index (κ3) is 6.36. The summed E-state index contributed by atoms with van der Waals surface area (Å²) < 4.78 is 0. The summed E-state index contributed by atoms with van der Waals surface area (Å²) in [4.78, 5) is 6.57. The summed E-state index contributed by atoms with van der Waals surface area (Å²) in [6, 6.07) is 15.8. The predicted octanol–water partition coefficient (Wildman–Crippen LogP) is 4.30. The number of pyridine rings is 1. The first-order valence-electron chi connectivity index (χ1n) is 8.50. The molecular formula is C19H21ClCuN4S. The Labute approximate surface area is 173 Å². The van der Waals surface area contributed by atoms with E-state index in [0.717, 1.165) is 30.1 Å². The third-order valence-corrected chi connectivity index (χ3v) is 4.41. The quantitative estimate of drug-likeness (QED) is 0.237. The standard InChI is InChI=1S/C19H22N4S.ClH.Cu/c24-19(23-14-8-1-2-9-15-23)22-21-18(16-10-4-3-5-11-16)17-12-6-7-13-20-17;;/h3-7,10-13H,1-2,8-9,14-15H2,(H,22,24);1H;/q;;+2/p-2/b21-18+;;. The molecule has 2 aromatic rings. The van der Waals surface area contributed by atoms with Crippen molar-refractivity contribution in [1.82, 2.24) is 9.88 Å². The van der Waals surface area contributed by atoms with Gasteiger partial charge < -0.3 is 17.5 Å². The van der Waals surface area contributed by atoms with Gasteiger partial charge in [0.15, 0.2) is 0 Å². The first-order valence-corrected chi connectivity index (χ1v) is 10.2. The number of rotatable bonds is 3. The van der Waals surface area contributed by atoms with Crippen molar-refractivity contribution in [3.05, 3.63) is 66.0 Å². The number of halogens is 1. The van der Waals surface area contributed by atoms with Crippen molar-refractivity contribution in [2.24, 2.45) is 10.2 Å². The van der Waals surface area contributed by atoms with Crippen LogP contribution in [-0.4, -0.2) is 33.9 Å². The Balaban J connectivity index is 0.00000117. The number of aromatic nitrogens is 1. The molecule has 0 unspecified atom stereocenters. The van der Waals surface area contributed by atoms with Crippen LogP contribution in [0.4, 0.5) is 0 Å². The molecule has 0 amide bonds. The minimum Gasteiger partial charge on any atom is -0.741 e. The largest absolute Gasteiger partial charge is 0.741 e. The van der Waals surface area contributed by atoms with E-state index in [-0.39, 0.29) is 0 Å². The fourth-order valence-corrected chi connectivity index (χ4v) is 3.00. The maximum absolute atomic E-state index is 5.48. The molecule has 7 heteroatoms. The van der Waals surface area contributed by atoms with Crippen LogP contribution in [0.25, 0.3) is 0 Å². The van der Waals surface area contributed by atoms with Gasteiger partial charge in [0.2, 0.25) is 0 Å². The van der Waals surface area contributed by atoms with Gasteiger partial charge in [0.05, 0.1) is 5.69 Å². The van der Waals surface area contributed by atoms with Crippen molar-refractivity contribution in [1.29, 1.82) is 0 Å². The molecule has 0 aliphatic carbocycles. The van der Waals surface area contributed by atoms with Crippen LogP contribution in [0.2, 0.25) is 0 Å². The molecule has 0 saturated carbocycles. The van der Waals surface area contributed by atoms with E-state index >= 15 is 0 Å². The molecule has 2 heterocycles. The van der Waals surface area contributed by atoms with Gasteiger partial charge in [-0.2, -0.15) is 5.10 Å². The van der Waals surface area contributed by atoms with Crippen molar-refractivity contribution in [2.75, 3.05) is 13.1 Å². The molecule has 0 atom stereocenters. The Morgan fingerprint density at radius 3 is 2.19 bits per heavy atom. The van der Waals surface area contributed by atoms with Gasteiger partial charge in [0.25, 0.3) is 0 Å². The van der Waals surface area contributed by atoms with Crippen LogP contribution in [0.3, 0.4) is 0 Å². The first-order chi connectivity index (χ1) is 12.8. The van der Waals surface area contributed by atoms with E-state index in [1.165, 1.54) is 25.7 Å². The van der Waals surface area contributed by atoms with Crippen LogP contribution >= 0.6 is 10.1 Å². The van der Waals surface area contributed by atoms with Crippen LogP contribution in [0.15, 0.2) is 64.9 Å². The van der Waals surface area contributed by atoms with Crippen LogP contribution in [-0.2, 0) is 27.7 Å². The Morgan fingerprint density at radius 2 is 1.58 bits per heavy atom. The Hall–Kier alpha value is -1.46. The minimum absolute atomic E-state index is 0.571. The molecule has 1 fully saturated rings. The molecule has 0 bridgehead atoms. The number of amidine groups is 1. The molecule has 1 aromatic heterocycles. The average Bonchev–Trinajstić information content (AvgIpc) is 3.01. The fraction of sp³-hybridized carbons (Fsp3) is 0.316. The number of likely N-dealkylation sites (tertiary alicyclic amines) is 1. The fourth-order valence-electron chi connectivity index (χ4n) is 2.77. The molecule has 0 N–H and O–H groups in total. The third-order valence-electron chi connectivity index (χ3n) is 4.07. The van der Waals surface area contributed by atoms with Gasteiger partial charge >= 0.3 is 25.2 Å². The van der Waals surface area contributed by atoms with Gasteiger partial charge in [0, 0.05) is 30.0 Å². The van der Waals surface area contributed by atoms with E-state index in [4.69, 9.17) is 12.6 Å². The zero-order valence-corrected chi connectivity index (χ0v) is 16.8. The molecule has 3 rings (SSSR count). The molecule has 1 aliphatic heterocycles. The van der Waals surface area contributed by atoms with Crippen molar-refractivity contribution in [2.45, 2.75) is 25.7 Å². The van der Waals surface area contributed by atoms with Crippen LogP contribution in [0.1, 0.15) is 36.9 Å². The molecule has 1 aliphatic rings. The molecule has 4 nitrogen and oxygen atoms in total. The van der Waals surface area contributed by atoms with Crippen molar-refractivity contribution >= 4 is 33.6 Å². The van der Waals surface area contributed by atoms with E-state index in [0.29, 0.717) is 5.17 Å². The Bertz CT molecular complexity index is 660. The second-order valence-corrected chi connectivity index (χ2v) is 6.18. The summed E-state index contributed by atoms with van der Waals surface area (Å²) in [7, 11) is 4.20. The SMILES string of the molecule is [Cl][Cu+].[S-]/C(=N\N=C(/c1ccccc1)c1ccccn1)N1CCCCCC1. The van der Waals surface area contributed by atoms with Gasteiger partial charge in [-0.15, -0.1) is 5.10 Å². The van der Waals surface area contributed by atoms with Crippen molar-refractivity contribution < 1.29 is 15.1 Å². The summed E-state index contributed by atoms with van der Waals surface area (Å²) in [6.45, 7) is 1.95. The molecular weight excluding hydrogens is 415 g/mol. The number of hydrogen-bond donors (Lipinski definition) is 0. The average molecular weight is 436 g/mol. The summed E-state index contributed by atoms with van der Waals surface area (Å²) in [5, 5.41) is 9.38. The predicted molar refractivity (Wildman–Crippen MR) is 107 cm³/mol. The molecule has 0 spiro atoms. The maximum Gasteiger partial charge on any atom is 0.118 e. The number of nitrogens with zero attached hydrogens (tertiary/aromatic N) is 4. The molecule has 1 saturated heterocycles. The Morgan fingerprint density at radius 1 is 0.923 bits per heavy atom. The van der Waals surface area contributed by atoms with Gasteiger partial charge in [-0.25, -0.2) is 0 Å². The van der Waals surface area contributed by atoms with Gasteiger partial charge in [-0.3, -0.25) is 4.98 Å². The number of benzene rings is 1. The molecule has 0 radical (unpaired) electrons. The van der Waals surface area contributed by atoms with Crippen LogP contribution in [0, 0.1) is 0 Å². The van der Waals surface area contributed by atoms with E-state index in [9.17, 15) is 0 Å². The van der Waals surface area contributed by atoms with Gasteiger partial charge in [0.1, 0.15) is 5.71 Å². The van der Waals surface area contributed by atoms with Gasteiger partial charge in [-0.1, -0.05) is 49.2 Å². The van der Waals surface area contributed by atoms with E-state index in [2.05, 4.69) is 45.3 Å². The summed E-state index contributed by atoms with van der Waals surface area (Å²) in [6.07, 6.45) is 6.65. The topological polar surface area (TPSA) is 40.9 Å². The summed E-state index contributed by atoms with van der Waals surface area (Å²) in [5.41, 5.74) is 2.53. The normalized spacial score (nSPS) is 15.7. The first kappa shape index (κ1) is 20.8. The second kappa shape index (κ2) is 12.0. The minimum atomic E-state index is 0.571. The van der Waals surface area contributed by atoms with E-state index in [1.54, 1.807) is 6.20 Å². The van der Waals surface area contributed by atoms with Crippen molar-refractivity contribution in [3.8, 4) is 0 Å². The maximum atomic E-state index is 5.48. The molecule has 141 valence electrons. The van der Waals surface area contributed by atoms with E-state index < -0.39 is 0 Å². The van der Waals surface area contributed by atoms with Crippen LogP contribution in [0.5, 0.6) is 0 Å². The molecule has 26 heavy (non-hydrogen) atoms. The number of hydrogen-bond acceptors (Lipinski definition) is 4. The zero-order chi connectivity index (χ0) is 18.6. The van der Waals surface area contributed by atoms with Crippen molar-refractivity contribution in [3.63, 3.8) is 0 Å². The van der Waals surface area contributed by atoms with E-state index in [1.807, 2.05) is 48.5 Å². The van der Waals surface area contributed by atoms with Gasteiger partial charge in [-0.05, 0) is 25.0 Å².